The zero-order valence-electron chi connectivity index (χ0n) is 24.5. The van der Waals surface area contributed by atoms with Gasteiger partial charge in [-0.1, -0.05) is 48.5 Å². The van der Waals surface area contributed by atoms with Gasteiger partial charge < -0.3 is 18.9 Å². The second-order valence-corrected chi connectivity index (χ2v) is 12.2. The highest BCUT2D eigenvalue weighted by molar-refractivity contribution is 6.00. The summed E-state index contributed by atoms with van der Waals surface area (Å²) >= 11 is 0. The number of hydrogen-bond donors (Lipinski definition) is 0. The maximum absolute atomic E-state index is 12.3. The second kappa shape index (κ2) is 11.1. The topological polar surface area (TPSA) is 105 Å². The third kappa shape index (κ3) is 4.98. The lowest BCUT2D eigenvalue weighted by Gasteiger charge is -2.12. The van der Waals surface area contributed by atoms with Gasteiger partial charge in [-0.25, -0.2) is 9.59 Å². The predicted molar refractivity (Wildman–Crippen MR) is 158 cm³/mol. The summed E-state index contributed by atoms with van der Waals surface area (Å²) in [6.45, 7) is 3.37. The average molecular weight is 593 g/mol. The number of fused-ring (bicyclic) bond motifs is 6. The zero-order valence-corrected chi connectivity index (χ0v) is 24.5. The number of benzene rings is 2. The number of Topliss-reactive ketones (excluding diaryl/α,β-unsaturated/α-hetero) is 2. The number of carbonyl (C=O) groups excluding carboxylic acids is 4. The van der Waals surface area contributed by atoms with Crippen LogP contribution in [-0.2, 0) is 51.0 Å². The van der Waals surface area contributed by atoms with Crippen molar-refractivity contribution in [3.63, 3.8) is 0 Å². The first-order valence-electron chi connectivity index (χ1n) is 15.0. The van der Waals surface area contributed by atoms with Gasteiger partial charge in [-0.2, -0.15) is 0 Å². The molecule has 8 rings (SSSR count). The first-order valence-corrected chi connectivity index (χ1v) is 15.0. The zero-order chi connectivity index (χ0) is 30.5. The van der Waals surface area contributed by atoms with Crippen LogP contribution in [0.3, 0.4) is 0 Å². The van der Waals surface area contributed by atoms with Gasteiger partial charge in [0.2, 0.25) is 0 Å². The van der Waals surface area contributed by atoms with Gasteiger partial charge in [0, 0.05) is 59.1 Å². The molecular formula is C36H32O8. The highest BCUT2D eigenvalue weighted by Gasteiger charge is 2.45. The molecule has 2 saturated carbocycles. The summed E-state index contributed by atoms with van der Waals surface area (Å²) < 4.78 is 21.1. The summed E-state index contributed by atoms with van der Waals surface area (Å²) in [4.78, 5) is 47.2. The first-order chi connectivity index (χ1) is 21.3. The fourth-order valence-electron chi connectivity index (χ4n) is 7.29. The minimum absolute atomic E-state index is 0.134. The number of ether oxygens (including phenoxy) is 4. The average Bonchev–Trinajstić information content (AvgIpc) is 3.82. The highest BCUT2D eigenvalue weighted by Crippen LogP contribution is 2.50. The Hall–Kier alpha value is -4.72. The molecule has 0 spiro atoms. The Morgan fingerprint density at radius 2 is 1.00 bits per heavy atom. The Kier molecular flexibility index (Phi) is 7.07. The lowest BCUT2D eigenvalue weighted by atomic mass is 9.95. The Bertz CT molecular complexity index is 1580. The van der Waals surface area contributed by atoms with E-state index >= 15 is 0 Å². The number of esters is 2. The van der Waals surface area contributed by atoms with Gasteiger partial charge >= 0.3 is 11.9 Å². The molecule has 2 aromatic rings. The molecule has 0 N–H and O–H groups in total. The molecule has 44 heavy (non-hydrogen) atoms. The van der Waals surface area contributed by atoms with Crippen molar-refractivity contribution in [3.05, 3.63) is 118 Å². The number of rotatable bonds is 4. The van der Waals surface area contributed by atoms with E-state index in [0.29, 0.717) is 24.0 Å². The van der Waals surface area contributed by atoms with Crippen LogP contribution in [0.5, 0.6) is 0 Å². The lowest BCUT2D eigenvalue weighted by molar-refractivity contribution is -0.153. The Morgan fingerprint density at radius 1 is 0.591 bits per heavy atom. The van der Waals surface area contributed by atoms with Crippen molar-refractivity contribution in [2.24, 2.45) is 11.8 Å². The Labute approximate surface area is 255 Å². The van der Waals surface area contributed by atoms with Crippen LogP contribution in [0.15, 0.2) is 95.5 Å². The van der Waals surface area contributed by atoms with Gasteiger partial charge in [0.25, 0.3) is 12.6 Å². The van der Waals surface area contributed by atoms with Crippen LogP contribution in [0.25, 0.3) is 0 Å². The molecule has 0 bridgehead atoms. The fraction of sp³-hybridized carbons (Fsp3) is 0.333. The monoisotopic (exact) mass is 592 g/mol. The summed E-state index contributed by atoms with van der Waals surface area (Å²) in [7, 11) is 0. The molecule has 224 valence electrons. The summed E-state index contributed by atoms with van der Waals surface area (Å²) in [6, 6.07) is 16.6. The predicted octanol–water partition coefficient (Wildman–Crippen LogP) is 5.29. The van der Waals surface area contributed by atoms with Gasteiger partial charge in [-0.15, -0.1) is 0 Å². The maximum Gasteiger partial charge on any atom is 0.336 e. The summed E-state index contributed by atoms with van der Waals surface area (Å²) in [5.41, 5.74) is 7.71. The molecule has 0 aromatic heterocycles. The van der Waals surface area contributed by atoms with Crippen LogP contribution < -0.4 is 0 Å². The van der Waals surface area contributed by atoms with E-state index in [1.165, 1.54) is 34.8 Å². The van der Waals surface area contributed by atoms with E-state index in [2.05, 4.69) is 24.3 Å². The number of hydrogen-bond acceptors (Lipinski definition) is 8. The van der Waals surface area contributed by atoms with Crippen molar-refractivity contribution in [1.29, 1.82) is 0 Å². The van der Waals surface area contributed by atoms with E-state index in [-0.39, 0.29) is 47.2 Å². The highest BCUT2D eigenvalue weighted by atomic mass is 16.7. The van der Waals surface area contributed by atoms with E-state index in [1.54, 1.807) is 26.0 Å². The molecular weight excluding hydrogens is 560 g/mol. The fourth-order valence-corrected chi connectivity index (χ4v) is 7.29. The van der Waals surface area contributed by atoms with Crippen LogP contribution in [-0.4, -0.2) is 36.1 Å². The smallest absolute Gasteiger partial charge is 0.336 e. The number of allylic oxidation sites excluding steroid dienone is 2. The molecule has 0 radical (unpaired) electrons. The summed E-state index contributed by atoms with van der Waals surface area (Å²) in [6.07, 6.45) is 7.66. The lowest BCUT2D eigenvalue weighted by Crippen LogP contribution is -2.11. The Morgan fingerprint density at radius 3 is 1.39 bits per heavy atom. The standard InChI is InChI=1S/2C18H16O4/c2*1-10-6-17(22-18(10)20)21-9-15-13-7-11-4-2-3-5-12(11)14(13)8-16(15)19/h2*2-6,9,13-14,17H,7-8H2,1H3/b2*15-9+/t13-,14+,17+;13-,14+,17-/m00/s1. The van der Waals surface area contributed by atoms with Gasteiger partial charge in [0.15, 0.2) is 11.6 Å². The van der Waals surface area contributed by atoms with E-state index in [1.807, 2.05) is 24.3 Å². The molecule has 6 aliphatic rings. The molecule has 2 fully saturated rings. The van der Waals surface area contributed by atoms with Gasteiger partial charge in [-0.05, 0) is 60.8 Å². The van der Waals surface area contributed by atoms with Crippen LogP contribution in [0.1, 0.15) is 60.8 Å². The molecule has 2 aliphatic heterocycles. The Balaban J connectivity index is 0.000000142. The molecule has 2 aromatic carbocycles. The molecule has 4 aliphatic carbocycles. The minimum Gasteiger partial charge on any atom is -0.458 e. The molecule has 2 heterocycles. The second-order valence-electron chi connectivity index (χ2n) is 12.2. The van der Waals surface area contributed by atoms with Crippen molar-refractivity contribution in [2.45, 2.75) is 63.9 Å². The number of ketones is 2. The molecule has 6 atom stereocenters. The third-order valence-electron chi connectivity index (χ3n) is 9.53. The quantitative estimate of drug-likeness (QED) is 0.268. The van der Waals surface area contributed by atoms with Crippen LogP contribution in [0.4, 0.5) is 0 Å². The summed E-state index contributed by atoms with van der Waals surface area (Å²) in [5, 5.41) is 0. The van der Waals surface area contributed by atoms with Crippen molar-refractivity contribution < 1.29 is 38.1 Å². The molecule has 8 heteroatoms. The van der Waals surface area contributed by atoms with Gasteiger partial charge in [0.05, 0.1) is 12.5 Å². The largest absolute Gasteiger partial charge is 0.458 e. The maximum atomic E-state index is 12.3. The van der Waals surface area contributed by atoms with Gasteiger partial charge in [0.1, 0.15) is 0 Å². The van der Waals surface area contributed by atoms with Gasteiger partial charge in [-0.3, -0.25) is 9.59 Å². The third-order valence-corrected chi connectivity index (χ3v) is 9.53. The van der Waals surface area contributed by atoms with Crippen molar-refractivity contribution in [3.8, 4) is 0 Å². The van der Waals surface area contributed by atoms with Crippen LogP contribution >= 0.6 is 0 Å². The van der Waals surface area contributed by atoms with Crippen molar-refractivity contribution in [1.82, 2.24) is 0 Å². The minimum atomic E-state index is -0.712. The first kappa shape index (κ1) is 28.1. The molecule has 0 amide bonds. The number of cyclic esters (lactones) is 2. The van der Waals surface area contributed by atoms with E-state index in [9.17, 15) is 19.2 Å². The van der Waals surface area contributed by atoms with E-state index < -0.39 is 12.6 Å². The van der Waals surface area contributed by atoms with E-state index in [4.69, 9.17) is 18.9 Å². The van der Waals surface area contributed by atoms with Crippen LogP contribution in [0.2, 0.25) is 0 Å². The van der Waals surface area contributed by atoms with Crippen molar-refractivity contribution in [2.75, 3.05) is 0 Å². The molecule has 8 nitrogen and oxygen atoms in total. The molecule has 0 saturated heterocycles. The van der Waals surface area contributed by atoms with Crippen LogP contribution in [0, 0.1) is 11.8 Å². The SMILES string of the molecule is CC1=C[C@@H](O/C=C2/C(=O)C[C@@H]3c4ccccc4C[C@H]23)OC1=O.CC1=C[C@H](O/C=C2/C(=O)C[C@@H]3c4ccccc4C[C@H]23)OC1=O. The van der Waals surface area contributed by atoms with E-state index in [0.717, 1.165) is 24.0 Å². The summed E-state index contributed by atoms with van der Waals surface area (Å²) in [5.74, 6) is 0.437. The number of carbonyl (C=O) groups is 4. The van der Waals surface area contributed by atoms with Crippen molar-refractivity contribution >= 4 is 23.5 Å². The normalized spacial score (nSPS) is 31.0. The molecule has 0 unspecified atom stereocenters.